The second kappa shape index (κ2) is 7.96. The SMILES string of the molecule is CCOc1c(F)cccc1C(=O)Nc1ccc(NC(=O)NC)cc1. The summed E-state index contributed by atoms with van der Waals surface area (Å²) < 4.78 is 19.0. The van der Waals surface area contributed by atoms with E-state index in [1.165, 1.54) is 25.2 Å². The van der Waals surface area contributed by atoms with Crippen LogP contribution in [0.25, 0.3) is 0 Å². The predicted molar refractivity (Wildman–Crippen MR) is 90.0 cm³/mol. The summed E-state index contributed by atoms with van der Waals surface area (Å²) in [5.41, 5.74) is 1.20. The number of rotatable bonds is 5. The zero-order chi connectivity index (χ0) is 17.5. The maximum atomic E-state index is 13.8. The van der Waals surface area contributed by atoms with Gasteiger partial charge >= 0.3 is 6.03 Å². The Kier molecular flexibility index (Phi) is 5.73. The van der Waals surface area contributed by atoms with Gasteiger partial charge in [0.2, 0.25) is 0 Å². The van der Waals surface area contributed by atoms with E-state index in [0.717, 1.165) is 0 Å². The van der Waals surface area contributed by atoms with Gasteiger partial charge in [-0.15, -0.1) is 0 Å². The number of nitrogens with one attached hydrogen (secondary N) is 3. The van der Waals surface area contributed by atoms with Gasteiger partial charge in [-0.2, -0.15) is 0 Å². The lowest BCUT2D eigenvalue weighted by Crippen LogP contribution is -2.24. The summed E-state index contributed by atoms with van der Waals surface area (Å²) in [6, 6.07) is 10.4. The van der Waals surface area contributed by atoms with E-state index in [0.29, 0.717) is 11.4 Å². The van der Waals surface area contributed by atoms with Crippen LogP contribution < -0.4 is 20.7 Å². The highest BCUT2D eigenvalue weighted by Gasteiger charge is 2.16. The fraction of sp³-hybridized carbons (Fsp3) is 0.176. The van der Waals surface area contributed by atoms with Crippen LogP contribution in [0.5, 0.6) is 5.75 Å². The van der Waals surface area contributed by atoms with E-state index < -0.39 is 11.7 Å². The highest BCUT2D eigenvalue weighted by Crippen LogP contribution is 2.24. The smallest absolute Gasteiger partial charge is 0.318 e. The molecule has 0 atom stereocenters. The van der Waals surface area contributed by atoms with Crippen LogP contribution in [0.4, 0.5) is 20.6 Å². The lowest BCUT2D eigenvalue weighted by atomic mass is 10.1. The monoisotopic (exact) mass is 331 g/mol. The average Bonchev–Trinajstić information content (AvgIpc) is 2.58. The van der Waals surface area contributed by atoms with E-state index in [1.54, 1.807) is 31.2 Å². The molecule has 3 amide bonds. The molecule has 0 fully saturated rings. The van der Waals surface area contributed by atoms with Gasteiger partial charge in [-0.1, -0.05) is 6.07 Å². The van der Waals surface area contributed by atoms with Gasteiger partial charge < -0.3 is 20.7 Å². The molecule has 0 saturated heterocycles. The molecular formula is C17H18FN3O3. The average molecular weight is 331 g/mol. The molecule has 0 aromatic heterocycles. The van der Waals surface area contributed by atoms with Gasteiger partial charge in [0.1, 0.15) is 0 Å². The van der Waals surface area contributed by atoms with Crippen molar-refractivity contribution in [3.8, 4) is 5.75 Å². The van der Waals surface area contributed by atoms with Crippen molar-refractivity contribution in [1.82, 2.24) is 5.32 Å². The minimum Gasteiger partial charge on any atom is -0.490 e. The number of para-hydroxylation sites is 1. The number of halogens is 1. The zero-order valence-corrected chi connectivity index (χ0v) is 13.4. The van der Waals surface area contributed by atoms with Gasteiger partial charge in [-0.05, 0) is 43.3 Å². The minimum atomic E-state index is -0.588. The molecule has 6 nitrogen and oxygen atoms in total. The fourth-order valence-electron chi connectivity index (χ4n) is 2.01. The summed E-state index contributed by atoms with van der Waals surface area (Å²) in [6.07, 6.45) is 0. The topological polar surface area (TPSA) is 79.5 Å². The molecule has 7 heteroatoms. The molecule has 2 rings (SSSR count). The van der Waals surface area contributed by atoms with Gasteiger partial charge in [0.25, 0.3) is 5.91 Å². The van der Waals surface area contributed by atoms with Crippen LogP contribution in [0.1, 0.15) is 17.3 Å². The number of urea groups is 1. The van der Waals surface area contributed by atoms with Gasteiger partial charge in [0.05, 0.1) is 12.2 Å². The van der Waals surface area contributed by atoms with Crippen LogP contribution in [-0.2, 0) is 0 Å². The molecule has 2 aromatic rings. The number of carbonyl (C=O) groups excluding carboxylic acids is 2. The van der Waals surface area contributed by atoms with Crippen molar-refractivity contribution < 1.29 is 18.7 Å². The number of amides is 3. The van der Waals surface area contributed by atoms with E-state index in [4.69, 9.17) is 4.74 Å². The summed E-state index contributed by atoms with van der Waals surface area (Å²) in [5.74, 6) is -1.14. The number of anilines is 2. The molecule has 24 heavy (non-hydrogen) atoms. The first-order valence-electron chi connectivity index (χ1n) is 7.36. The van der Waals surface area contributed by atoms with Crippen molar-refractivity contribution in [2.45, 2.75) is 6.92 Å². The molecule has 0 radical (unpaired) electrons. The van der Waals surface area contributed by atoms with Crippen LogP contribution in [-0.4, -0.2) is 25.6 Å². The van der Waals surface area contributed by atoms with Crippen molar-refractivity contribution in [1.29, 1.82) is 0 Å². The van der Waals surface area contributed by atoms with Gasteiger partial charge in [-0.3, -0.25) is 4.79 Å². The molecule has 0 saturated carbocycles. The maximum Gasteiger partial charge on any atom is 0.318 e. The van der Waals surface area contributed by atoms with Crippen LogP contribution in [0.3, 0.4) is 0 Å². The van der Waals surface area contributed by atoms with Crippen molar-refractivity contribution >= 4 is 23.3 Å². The Balaban J connectivity index is 2.12. The lowest BCUT2D eigenvalue weighted by Gasteiger charge is -2.12. The molecule has 0 aliphatic heterocycles. The molecule has 2 aromatic carbocycles. The second-order valence-corrected chi connectivity index (χ2v) is 4.79. The van der Waals surface area contributed by atoms with E-state index >= 15 is 0 Å². The van der Waals surface area contributed by atoms with E-state index in [2.05, 4.69) is 16.0 Å². The predicted octanol–water partition coefficient (Wildman–Crippen LogP) is 3.23. The standard InChI is InChI=1S/C17H18FN3O3/c1-3-24-15-13(5-4-6-14(15)18)16(22)20-11-7-9-12(10-8-11)21-17(23)19-2/h4-10H,3H2,1-2H3,(H,20,22)(H2,19,21,23). The zero-order valence-electron chi connectivity index (χ0n) is 13.4. The Hall–Kier alpha value is -3.09. The Labute approximate surface area is 139 Å². The molecule has 0 heterocycles. The fourth-order valence-corrected chi connectivity index (χ4v) is 2.01. The van der Waals surface area contributed by atoms with E-state index in [1.807, 2.05) is 0 Å². The largest absolute Gasteiger partial charge is 0.490 e. The third-order valence-electron chi connectivity index (χ3n) is 3.13. The first-order chi connectivity index (χ1) is 11.5. The second-order valence-electron chi connectivity index (χ2n) is 4.79. The third kappa shape index (κ3) is 4.22. The van der Waals surface area contributed by atoms with Crippen molar-refractivity contribution in [3.63, 3.8) is 0 Å². The summed E-state index contributed by atoms with van der Waals surface area (Å²) in [7, 11) is 1.51. The van der Waals surface area contributed by atoms with Crippen LogP contribution in [0.15, 0.2) is 42.5 Å². The number of hydrogen-bond donors (Lipinski definition) is 3. The van der Waals surface area contributed by atoms with E-state index in [-0.39, 0.29) is 24.0 Å². The normalized spacial score (nSPS) is 9.96. The molecule has 0 aliphatic rings. The number of hydrogen-bond acceptors (Lipinski definition) is 3. The molecule has 0 bridgehead atoms. The summed E-state index contributed by atoms with van der Waals surface area (Å²) in [6.45, 7) is 1.97. The van der Waals surface area contributed by atoms with Crippen molar-refractivity contribution in [3.05, 3.63) is 53.8 Å². The minimum absolute atomic E-state index is 0.0737. The molecule has 0 unspecified atom stereocenters. The number of carbonyl (C=O) groups is 2. The van der Waals surface area contributed by atoms with E-state index in [9.17, 15) is 14.0 Å². The quantitative estimate of drug-likeness (QED) is 0.787. The lowest BCUT2D eigenvalue weighted by molar-refractivity contribution is 0.102. The van der Waals surface area contributed by atoms with Crippen LogP contribution in [0, 0.1) is 5.82 Å². The molecule has 126 valence electrons. The van der Waals surface area contributed by atoms with Crippen LogP contribution >= 0.6 is 0 Å². The summed E-state index contributed by atoms with van der Waals surface area (Å²) >= 11 is 0. The Bertz CT molecular complexity index is 732. The van der Waals surface area contributed by atoms with Crippen molar-refractivity contribution in [2.75, 3.05) is 24.3 Å². The summed E-state index contributed by atoms with van der Waals surface area (Å²) in [5, 5.41) is 7.71. The molecular weight excluding hydrogens is 313 g/mol. The summed E-state index contributed by atoms with van der Waals surface area (Å²) in [4.78, 5) is 23.6. The molecule has 0 aliphatic carbocycles. The highest BCUT2D eigenvalue weighted by molar-refractivity contribution is 6.06. The van der Waals surface area contributed by atoms with Gasteiger partial charge in [-0.25, -0.2) is 9.18 Å². The first kappa shape index (κ1) is 17.3. The Morgan fingerprint density at radius 3 is 2.25 bits per heavy atom. The third-order valence-corrected chi connectivity index (χ3v) is 3.13. The molecule has 0 spiro atoms. The van der Waals surface area contributed by atoms with Gasteiger partial charge in [0, 0.05) is 18.4 Å². The van der Waals surface area contributed by atoms with Crippen molar-refractivity contribution in [2.24, 2.45) is 0 Å². The maximum absolute atomic E-state index is 13.8. The Morgan fingerprint density at radius 2 is 1.67 bits per heavy atom. The first-order valence-corrected chi connectivity index (χ1v) is 7.36. The van der Waals surface area contributed by atoms with Crippen LogP contribution in [0.2, 0.25) is 0 Å². The highest BCUT2D eigenvalue weighted by atomic mass is 19.1. The Morgan fingerprint density at radius 1 is 1.04 bits per heavy atom. The van der Waals surface area contributed by atoms with Gasteiger partial charge in [0.15, 0.2) is 11.6 Å². The number of ether oxygens (including phenoxy) is 1. The molecule has 3 N–H and O–H groups in total. The number of benzene rings is 2.